The first kappa shape index (κ1) is 15.4. The Balaban J connectivity index is 1.90. The van der Waals surface area contributed by atoms with Crippen molar-refractivity contribution < 1.29 is 14.4 Å². The summed E-state index contributed by atoms with van der Waals surface area (Å²) < 4.78 is 0. The molecule has 2 aliphatic heterocycles. The number of nitrogens with one attached hydrogen (secondary N) is 1. The second kappa shape index (κ2) is 5.96. The summed E-state index contributed by atoms with van der Waals surface area (Å²) in [6.45, 7) is 7.85. The van der Waals surface area contributed by atoms with Crippen molar-refractivity contribution in [3.63, 3.8) is 0 Å². The van der Waals surface area contributed by atoms with Gasteiger partial charge in [-0.1, -0.05) is 6.08 Å². The molecule has 0 radical (unpaired) electrons. The molecule has 1 aromatic carbocycles. The molecule has 0 saturated carbocycles. The van der Waals surface area contributed by atoms with Gasteiger partial charge < -0.3 is 10.2 Å². The number of hydrogen-bond acceptors (Lipinski definition) is 4. The molecule has 3 rings (SSSR count). The smallest absolute Gasteiger partial charge is 0.261 e. The fraction of sp³-hybridized carbons (Fsp3) is 0.353. The van der Waals surface area contributed by atoms with Crippen LogP contribution in [0.5, 0.6) is 0 Å². The van der Waals surface area contributed by atoms with Crippen LogP contribution in [0.15, 0.2) is 30.9 Å². The van der Waals surface area contributed by atoms with Crippen molar-refractivity contribution in [2.75, 3.05) is 26.2 Å². The standard InChI is InChI=1S/C17H19N3O3/c1-3-7-20-16(22)13-5-4-12(9-14(13)17(20)23)15(21)19-8-6-18-10-11(19)2/h3-5,9,11,18H,1,6-8,10H2,2H3/t11-/m0/s1. The molecule has 120 valence electrons. The summed E-state index contributed by atoms with van der Waals surface area (Å²) in [4.78, 5) is 40.1. The van der Waals surface area contributed by atoms with Crippen LogP contribution in [0.1, 0.15) is 38.0 Å². The van der Waals surface area contributed by atoms with Crippen LogP contribution in [-0.2, 0) is 0 Å². The Kier molecular flexibility index (Phi) is 4.00. The minimum absolute atomic E-state index is 0.0964. The highest BCUT2D eigenvalue weighted by molar-refractivity contribution is 6.22. The van der Waals surface area contributed by atoms with Gasteiger partial charge in [0.2, 0.25) is 0 Å². The van der Waals surface area contributed by atoms with Gasteiger partial charge in [-0.3, -0.25) is 19.3 Å². The summed E-state index contributed by atoms with van der Waals surface area (Å²) in [6, 6.07) is 4.83. The maximum absolute atomic E-state index is 12.7. The van der Waals surface area contributed by atoms with Crippen molar-refractivity contribution in [1.82, 2.24) is 15.1 Å². The van der Waals surface area contributed by atoms with E-state index in [4.69, 9.17) is 0 Å². The largest absolute Gasteiger partial charge is 0.333 e. The Labute approximate surface area is 134 Å². The van der Waals surface area contributed by atoms with Crippen LogP contribution >= 0.6 is 0 Å². The molecule has 1 fully saturated rings. The molecule has 0 aromatic heterocycles. The summed E-state index contributed by atoms with van der Waals surface area (Å²) in [5.74, 6) is -0.809. The number of carbonyl (C=O) groups is 3. The van der Waals surface area contributed by atoms with Gasteiger partial charge in [0.25, 0.3) is 17.7 Å². The molecule has 1 N–H and O–H groups in total. The third-order valence-corrected chi connectivity index (χ3v) is 4.29. The molecule has 23 heavy (non-hydrogen) atoms. The third-order valence-electron chi connectivity index (χ3n) is 4.29. The predicted molar refractivity (Wildman–Crippen MR) is 85.4 cm³/mol. The minimum Gasteiger partial charge on any atom is -0.333 e. The van der Waals surface area contributed by atoms with Crippen molar-refractivity contribution in [3.05, 3.63) is 47.5 Å². The second-order valence-corrected chi connectivity index (χ2v) is 5.82. The zero-order valence-corrected chi connectivity index (χ0v) is 13.0. The van der Waals surface area contributed by atoms with Crippen molar-refractivity contribution in [2.24, 2.45) is 0 Å². The first-order valence-electron chi connectivity index (χ1n) is 7.67. The van der Waals surface area contributed by atoms with Gasteiger partial charge in [-0.2, -0.15) is 0 Å². The van der Waals surface area contributed by atoms with E-state index in [1.165, 1.54) is 12.1 Å². The normalized spacial score (nSPS) is 20.7. The molecule has 0 aliphatic carbocycles. The van der Waals surface area contributed by atoms with E-state index < -0.39 is 0 Å². The van der Waals surface area contributed by atoms with Crippen LogP contribution in [0.4, 0.5) is 0 Å². The number of imide groups is 1. The van der Waals surface area contributed by atoms with Crippen molar-refractivity contribution in [3.8, 4) is 0 Å². The maximum atomic E-state index is 12.7. The number of piperazine rings is 1. The molecule has 1 aromatic rings. The van der Waals surface area contributed by atoms with E-state index in [1.54, 1.807) is 17.0 Å². The van der Waals surface area contributed by atoms with E-state index in [2.05, 4.69) is 11.9 Å². The molecule has 0 unspecified atom stereocenters. The second-order valence-electron chi connectivity index (χ2n) is 5.82. The fourth-order valence-corrected chi connectivity index (χ4v) is 3.03. The topological polar surface area (TPSA) is 69.7 Å². The van der Waals surface area contributed by atoms with E-state index in [0.29, 0.717) is 23.2 Å². The highest BCUT2D eigenvalue weighted by atomic mass is 16.2. The monoisotopic (exact) mass is 313 g/mol. The van der Waals surface area contributed by atoms with E-state index in [-0.39, 0.29) is 30.3 Å². The summed E-state index contributed by atoms with van der Waals surface area (Å²) >= 11 is 0. The molecule has 0 spiro atoms. The van der Waals surface area contributed by atoms with Gasteiger partial charge in [-0.25, -0.2) is 0 Å². The lowest BCUT2D eigenvalue weighted by atomic mass is 10.0. The van der Waals surface area contributed by atoms with Crippen molar-refractivity contribution >= 4 is 17.7 Å². The minimum atomic E-state index is -0.368. The fourth-order valence-electron chi connectivity index (χ4n) is 3.03. The van der Waals surface area contributed by atoms with Gasteiger partial charge in [0, 0.05) is 37.8 Å². The number of benzene rings is 1. The van der Waals surface area contributed by atoms with Crippen LogP contribution in [0.25, 0.3) is 0 Å². The molecule has 1 saturated heterocycles. The Hall–Kier alpha value is -2.47. The zero-order valence-electron chi connectivity index (χ0n) is 13.0. The molecule has 6 nitrogen and oxygen atoms in total. The summed E-state index contributed by atoms with van der Waals surface area (Å²) in [6.07, 6.45) is 1.51. The van der Waals surface area contributed by atoms with Crippen LogP contribution < -0.4 is 5.32 Å². The third kappa shape index (κ3) is 2.55. The lowest BCUT2D eigenvalue weighted by Crippen LogP contribution is -2.52. The summed E-state index contributed by atoms with van der Waals surface area (Å²) in [5.41, 5.74) is 1.09. The van der Waals surface area contributed by atoms with Gasteiger partial charge in [-0.05, 0) is 25.1 Å². The number of amides is 3. The summed E-state index contributed by atoms with van der Waals surface area (Å²) in [7, 11) is 0. The van der Waals surface area contributed by atoms with E-state index in [1.807, 2.05) is 6.92 Å². The molecule has 1 atom stereocenters. The van der Waals surface area contributed by atoms with Gasteiger partial charge >= 0.3 is 0 Å². The quantitative estimate of drug-likeness (QED) is 0.665. The van der Waals surface area contributed by atoms with Gasteiger partial charge in [-0.15, -0.1) is 6.58 Å². The Bertz CT molecular complexity index is 698. The number of nitrogens with zero attached hydrogens (tertiary/aromatic N) is 2. The molecular weight excluding hydrogens is 294 g/mol. The zero-order chi connectivity index (χ0) is 16.6. The van der Waals surface area contributed by atoms with Crippen molar-refractivity contribution in [1.29, 1.82) is 0 Å². The van der Waals surface area contributed by atoms with Crippen molar-refractivity contribution in [2.45, 2.75) is 13.0 Å². The van der Waals surface area contributed by atoms with Crippen LogP contribution in [0.2, 0.25) is 0 Å². The molecule has 2 heterocycles. The summed E-state index contributed by atoms with van der Waals surface area (Å²) in [5, 5.41) is 3.24. The van der Waals surface area contributed by atoms with E-state index in [9.17, 15) is 14.4 Å². The SMILES string of the molecule is C=CCN1C(=O)c2ccc(C(=O)N3CCNC[C@@H]3C)cc2C1=O. The number of rotatable bonds is 3. The Morgan fingerprint density at radius 1 is 1.35 bits per heavy atom. The van der Waals surface area contributed by atoms with E-state index >= 15 is 0 Å². The van der Waals surface area contributed by atoms with Crippen LogP contribution in [0, 0.1) is 0 Å². The van der Waals surface area contributed by atoms with Crippen LogP contribution in [0.3, 0.4) is 0 Å². The van der Waals surface area contributed by atoms with Gasteiger partial charge in [0.1, 0.15) is 0 Å². The predicted octanol–water partition coefficient (Wildman–Crippen LogP) is 0.902. The molecule has 0 bridgehead atoms. The molecule has 2 aliphatic rings. The number of hydrogen-bond donors (Lipinski definition) is 1. The average molecular weight is 313 g/mol. The highest BCUT2D eigenvalue weighted by Crippen LogP contribution is 2.24. The first-order valence-corrected chi connectivity index (χ1v) is 7.67. The lowest BCUT2D eigenvalue weighted by Gasteiger charge is -2.34. The molecular formula is C17H19N3O3. The number of fused-ring (bicyclic) bond motifs is 1. The van der Waals surface area contributed by atoms with Crippen LogP contribution in [-0.4, -0.2) is 59.7 Å². The maximum Gasteiger partial charge on any atom is 0.261 e. The molecule has 3 amide bonds. The first-order chi connectivity index (χ1) is 11.0. The lowest BCUT2D eigenvalue weighted by molar-refractivity contribution is 0.0653. The Morgan fingerprint density at radius 3 is 2.78 bits per heavy atom. The van der Waals surface area contributed by atoms with E-state index in [0.717, 1.165) is 18.0 Å². The highest BCUT2D eigenvalue weighted by Gasteiger charge is 2.35. The molecule has 6 heteroatoms. The van der Waals surface area contributed by atoms with Gasteiger partial charge in [0.15, 0.2) is 0 Å². The average Bonchev–Trinajstić information content (AvgIpc) is 2.80. The Morgan fingerprint density at radius 2 is 2.09 bits per heavy atom. The van der Waals surface area contributed by atoms with Gasteiger partial charge in [0.05, 0.1) is 11.1 Å². The number of carbonyl (C=O) groups excluding carboxylic acids is 3.